The number of aliphatic hydroxyl groups excluding tert-OH is 2. The molecule has 15 rings (SSSR count). The highest BCUT2D eigenvalue weighted by Gasteiger charge is 2.47. The number of amides is 2. The van der Waals surface area contributed by atoms with E-state index >= 15 is 4.79 Å². The molecule has 21 heteroatoms. The first-order valence-electron chi connectivity index (χ1n) is 31.1. The van der Waals surface area contributed by atoms with Gasteiger partial charge in [-0.15, -0.1) is 0 Å². The molecule has 2 aliphatic carbocycles. The molecule has 87 heavy (non-hydrogen) atoms. The van der Waals surface area contributed by atoms with Crippen LogP contribution in [0.5, 0.6) is 11.8 Å². The van der Waals surface area contributed by atoms with Gasteiger partial charge >= 0.3 is 6.01 Å². The number of nitrogens with one attached hydrogen (secondary N) is 4. The van der Waals surface area contributed by atoms with E-state index in [2.05, 4.69) is 67.0 Å². The zero-order valence-electron chi connectivity index (χ0n) is 49.5. The molecule has 9 aromatic rings. The van der Waals surface area contributed by atoms with Crippen LogP contribution in [0.4, 0.5) is 5.82 Å². The number of piperazine rings is 1. The molecule has 1 saturated carbocycles. The van der Waals surface area contributed by atoms with Crippen molar-refractivity contribution in [2.24, 2.45) is 5.92 Å². The minimum Gasteiger partial charge on any atom is -0.486 e. The summed E-state index contributed by atoms with van der Waals surface area (Å²) in [6.07, 6.45) is 11.0. The van der Waals surface area contributed by atoms with Crippen LogP contribution in [-0.2, 0) is 39.4 Å². The molecule has 4 aliphatic heterocycles. The van der Waals surface area contributed by atoms with Crippen LogP contribution < -0.4 is 30.6 Å². The summed E-state index contributed by atoms with van der Waals surface area (Å²) in [7, 11) is 0. The van der Waals surface area contributed by atoms with Gasteiger partial charge in [0.05, 0.1) is 48.9 Å². The second-order valence-electron chi connectivity index (χ2n) is 25.4. The number of hydrogen-bond donors (Lipinski definition) is 6. The van der Waals surface area contributed by atoms with Crippen molar-refractivity contribution in [1.82, 2.24) is 60.2 Å². The number of aromatic amines is 2. The number of ether oxygens (including phenoxy) is 3. The molecular formula is C66H73N13O8. The van der Waals surface area contributed by atoms with Crippen molar-refractivity contribution < 1.29 is 34.0 Å². The maximum Gasteiger partial charge on any atom is 0.319 e. The summed E-state index contributed by atoms with van der Waals surface area (Å²) in [5, 5.41) is 49.4. The van der Waals surface area contributed by atoms with Gasteiger partial charge in [-0.3, -0.25) is 28.8 Å². The van der Waals surface area contributed by atoms with Crippen molar-refractivity contribution >= 4 is 61.2 Å². The number of pyridine rings is 1. The van der Waals surface area contributed by atoms with Crippen molar-refractivity contribution in [2.45, 2.75) is 146 Å². The fourth-order valence-corrected chi connectivity index (χ4v) is 14.9. The highest BCUT2D eigenvalue weighted by Crippen LogP contribution is 2.53. The molecule has 9 heterocycles. The molecule has 0 spiro atoms. The zero-order chi connectivity index (χ0) is 59.4. The Labute approximate surface area is 501 Å². The number of fused-ring (bicyclic) bond motifs is 8. The average Bonchev–Trinajstić information content (AvgIpc) is 1.94. The predicted octanol–water partition coefficient (Wildman–Crippen LogP) is 7.62. The third-order valence-corrected chi connectivity index (χ3v) is 19.4. The number of benzene rings is 4. The molecule has 4 aromatic carbocycles. The number of aryl methyl sites for hydroxylation is 3. The number of anilines is 1. The van der Waals surface area contributed by atoms with E-state index in [1.165, 1.54) is 10.5 Å². The Bertz CT molecular complexity index is 4250. The van der Waals surface area contributed by atoms with Crippen molar-refractivity contribution in [1.29, 1.82) is 0 Å². The average molecular weight is 1180 g/mol. The molecule has 4 saturated heterocycles. The van der Waals surface area contributed by atoms with Crippen LogP contribution >= 0.6 is 0 Å². The quantitative estimate of drug-likeness (QED) is 0.0544. The summed E-state index contributed by atoms with van der Waals surface area (Å²) in [6.45, 7) is 11.3. The van der Waals surface area contributed by atoms with E-state index in [1.54, 1.807) is 17.1 Å². The number of β-amino-alcohol motifs (C(OH)–C–C–N with tert-alkyl or cyclic N) is 1. The third-order valence-electron chi connectivity index (χ3n) is 19.4. The number of hydrogen-bond acceptors (Lipinski definition) is 15. The molecule has 2 bridgehead atoms. The Morgan fingerprint density at radius 2 is 1.79 bits per heavy atom. The first-order chi connectivity index (χ1) is 42.3. The maximum absolute atomic E-state index is 15.1. The van der Waals surface area contributed by atoms with E-state index in [4.69, 9.17) is 29.3 Å². The van der Waals surface area contributed by atoms with Crippen LogP contribution in [-0.4, -0.2) is 141 Å². The molecule has 0 radical (unpaired) electrons. The van der Waals surface area contributed by atoms with E-state index in [-0.39, 0.29) is 49.8 Å². The molecule has 21 nitrogen and oxygen atoms in total. The molecule has 2 unspecified atom stereocenters. The SMILES string of the molecule is CCn1nccc1-c1ccc2c(c1)CCCC2(CO)NC(=O)[C@@H]1C[C@@H](O)CN1C(=O)C(C(C)C)n1cc2c(n1)c(=O)[nH]c1cc(COc3c(-c4c(C)ccc5[nH]ncc45)c(C4CC4)cc4c(N5C[C@@H]6C[C@H]5CN6)nc(OC5CCOCC5)nc34)ccc12. The Morgan fingerprint density at radius 3 is 2.57 bits per heavy atom. The van der Waals surface area contributed by atoms with E-state index in [9.17, 15) is 19.8 Å². The number of carbonyl (C=O) groups is 2. The normalized spacial score (nSPS) is 22.6. The largest absolute Gasteiger partial charge is 0.486 e. The highest BCUT2D eigenvalue weighted by molar-refractivity contribution is 6.07. The summed E-state index contributed by atoms with van der Waals surface area (Å²) in [5.74, 6) is 0.592. The summed E-state index contributed by atoms with van der Waals surface area (Å²) in [4.78, 5) is 61.6. The van der Waals surface area contributed by atoms with Crippen LogP contribution in [0.2, 0.25) is 0 Å². The van der Waals surface area contributed by atoms with E-state index in [1.807, 2.05) is 68.0 Å². The van der Waals surface area contributed by atoms with Crippen LogP contribution in [0.3, 0.4) is 0 Å². The van der Waals surface area contributed by atoms with Gasteiger partial charge in [-0.25, -0.2) is 0 Å². The molecule has 6 atom stereocenters. The van der Waals surface area contributed by atoms with Gasteiger partial charge < -0.3 is 49.8 Å². The fraction of sp³-hybridized carbons (Fsp3) is 0.455. The van der Waals surface area contributed by atoms with Crippen LogP contribution in [0.15, 0.2) is 84.0 Å². The summed E-state index contributed by atoms with van der Waals surface area (Å²) in [6, 6.07) is 19.5. The van der Waals surface area contributed by atoms with Gasteiger partial charge in [-0.05, 0) is 128 Å². The Morgan fingerprint density at radius 1 is 0.931 bits per heavy atom. The lowest BCUT2D eigenvalue weighted by atomic mass is 9.76. The molecule has 5 aromatic heterocycles. The predicted molar refractivity (Wildman–Crippen MR) is 329 cm³/mol. The Kier molecular flexibility index (Phi) is 13.9. The summed E-state index contributed by atoms with van der Waals surface area (Å²) in [5.41, 5.74) is 9.71. The van der Waals surface area contributed by atoms with Gasteiger partial charge in [0.1, 0.15) is 36.1 Å². The van der Waals surface area contributed by atoms with Crippen molar-refractivity contribution in [3.63, 3.8) is 0 Å². The summed E-state index contributed by atoms with van der Waals surface area (Å²) < 4.78 is 23.2. The maximum atomic E-state index is 15.1. The number of nitrogens with zero attached hydrogens (tertiary/aromatic N) is 9. The second-order valence-corrected chi connectivity index (χ2v) is 25.4. The molecule has 450 valence electrons. The van der Waals surface area contributed by atoms with Gasteiger partial charge in [-0.1, -0.05) is 44.2 Å². The monoisotopic (exact) mass is 1180 g/mol. The molecule has 6 N–H and O–H groups in total. The molecule has 2 amide bonds. The number of carbonyl (C=O) groups excluding carboxylic acids is 2. The van der Waals surface area contributed by atoms with Crippen molar-refractivity contribution in [3.05, 3.63) is 117 Å². The van der Waals surface area contributed by atoms with Gasteiger partial charge in [0.25, 0.3) is 5.56 Å². The van der Waals surface area contributed by atoms with Gasteiger partial charge in [-0.2, -0.15) is 25.3 Å². The first kappa shape index (κ1) is 55.3. The van der Waals surface area contributed by atoms with E-state index in [0.29, 0.717) is 66.3 Å². The molecule has 5 fully saturated rings. The third kappa shape index (κ3) is 9.68. The number of likely N-dealkylation sites (tertiary alicyclic amines) is 1. The van der Waals surface area contributed by atoms with E-state index < -0.39 is 41.1 Å². The zero-order valence-corrected chi connectivity index (χ0v) is 49.5. The topological polar surface area (TPSA) is 256 Å². The number of aliphatic hydroxyl groups is 2. The van der Waals surface area contributed by atoms with Crippen LogP contribution in [0.25, 0.3) is 66.0 Å². The highest BCUT2D eigenvalue weighted by atomic mass is 16.5. The van der Waals surface area contributed by atoms with Crippen molar-refractivity contribution in [2.75, 3.05) is 44.4 Å². The molecule has 6 aliphatic rings. The minimum absolute atomic E-state index is 0.0237. The second kappa shape index (κ2) is 21.9. The lowest BCUT2D eigenvalue weighted by Gasteiger charge is -2.40. The smallest absolute Gasteiger partial charge is 0.319 e. The van der Waals surface area contributed by atoms with Crippen LogP contribution in [0.1, 0.15) is 112 Å². The number of rotatable bonds is 16. The Balaban J connectivity index is 0.756. The Hall–Kier alpha value is -8.24. The first-order valence-corrected chi connectivity index (χ1v) is 31.1. The lowest BCUT2D eigenvalue weighted by Crippen LogP contribution is -2.56. The van der Waals surface area contributed by atoms with Crippen molar-refractivity contribution in [3.8, 4) is 34.1 Å². The van der Waals surface area contributed by atoms with Gasteiger partial charge in [0.2, 0.25) is 11.8 Å². The number of aromatic nitrogens is 9. The van der Waals surface area contributed by atoms with Crippen LogP contribution in [0, 0.1) is 12.8 Å². The molecular weight excluding hydrogens is 1100 g/mol. The van der Waals surface area contributed by atoms with E-state index in [0.717, 1.165) is 130 Å². The standard InChI is InChI=1S/C66H73N13O8/c1-5-78-53(16-20-69-78)40-12-14-50-39(24-40)7-6-19-66(50,34-80)73-62(82)54-26-43(81)31-77(54)64(84)59(35(2)3)79-32-49-45-13-9-37(23-52(45)70-63(83)58(49)75-79)33-86-60-56(55-36(4)8-15-51-48(55)29-68-74-51)46(38-10-11-38)27-47-57(60)71-65(87-44-17-21-85-22-18-44)72-61(47)76-30-41-25-42(76)28-67-41/h8-9,12-16,20,23-24,27,29,32,35,38,41-44,54,59,67,80-81H,5-7,10-11,17-19,21-22,25-26,28,30-31,33-34H2,1-4H3,(H,68,74)(H,70,83)(H,73,82)/t41-,42-,43+,54-,59?,66?/m0/s1. The van der Waals surface area contributed by atoms with Gasteiger partial charge in [0, 0.05) is 108 Å². The summed E-state index contributed by atoms with van der Waals surface area (Å²) >= 11 is 0. The number of H-pyrrole nitrogens is 2. The minimum atomic E-state index is -1.09. The van der Waals surface area contributed by atoms with Gasteiger partial charge in [0.15, 0.2) is 11.3 Å². The lowest BCUT2D eigenvalue weighted by molar-refractivity contribution is -0.143. The fourth-order valence-electron chi connectivity index (χ4n) is 14.9.